The van der Waals surface area contributed by atoms with Crippen molar-refractivity contribution in [2.75, 3.05) is 38.2 Å². The number of hydrogen-bond donors (Lipinski definition) is 1. The zero-order chi connectivity index (χ0) is 19.7. The molecule has 0 aliphatic carbocycles. The topological polar surface area (TPSA) is 91.4 Å². The molecule has 0 unspecified atom stereocenters. The second-order valence-electron chi connectivity index (χ2n) is 6.72. The molecule has 1 aliphatic rings. The summed E-state index contributed by atoms with van der Waals surface area (Å²) in [5.41, 5.74) is 1.65. The second kappa shape index (κ2) is 7.30. The highest BCUT2D eigenvalue weighted by molar-refractivity contribution is 6.06. The number of aromatic amines is 1. The number of para-hydroxylation sites is 1. The third-order valence-corrected chi connectivity index (χ3v) is 4.86. The summed E-state index contributed by atoms with van der Waals surface area (Å²) in [6.45, 7) is 4.17. The molecule has 1 aromatic carbocycles. The van der Waals surface area contributed by atoms with Gasteiger partial charge in [0.2, 0.25) is 17.4 Å². The molecule has 1 amide bonds. The van der Waals surface area contributed by atoms with Crippen LogP contribution in [0.4, 0.5) is 5.95 Å². The van der Waals surface area contributed by atoms with Gasteiger partial charge in [-0.25, -0.2) is 4.98 Å². The molecule has 8 nitrogen and oxygen atoms in total. The molecule has 0 spiro atoms. The number of H-pyrrole nitrogens is 1. The highest BCUT2D eigenvalue weighted by Gasteiger charge is 2.25. The number of benzene rings is 1. The quantitative estimate of drug-likeness (QED) is 0.743. The molecule has 3 aromatic rings. The number of fused-ring (bicyclic) bond motifs is 1. The molecule has 0 radical (unpaired) electrons. The summed E-state index contributed by atoms with van der Waals surface area (Å²) in [6.07, 6.45) is 0. The number of carbonyl (C=O) groups excluding carboxylic acids is 1. The molecule has 0 atom stereocenters. The number of piperazine rings is 1. The Labute approximate surface area is 161 Å². The van der Waals surface area contributed by atoms with Gasteiger partial charge in [0.1, 0.15) is 0 Å². The highest BCUT2D eigenvalue weighted by atomic mass is 16.5. The van der Waals surface area contributed by atoms with Gasteiger partial charge in [-0.2, -0.15) is 4.98 Å². The predicted octanol–water partition coefficient (Wildman–Crippen LogP) is 1.60. The van der Waals surface area contributed by atoms with Crippen LogP contribution in [0.2, 0.25) is 0 Å². The summed E-state index contributed by atoms with van der Waals surface area (Å²) < 4.78 is 5.22. The molecule has 1 saturated heterocycles. The number of pyridine rings is 1. The Morgan fingerprint density at radius 3 is 2.61 bits per heavy atom. The summed E-state index contributed by atoms with van der Waals surface area (Å²) in [6, 6.07) is 10.5. The van der Waals surface area contributed by atoms with Crippen molar-refractivity contribution in [1.82, 2.24) is 19.9 Å². The first-order valence-corrected chi connectivity index (χ1v) is 9.11. The fourth-order valence-electron chi connectivity index (χ4n) is 3.43. The average molecular weight is 379 g/mol. The lowest BCUT2D eigenvalue weighted by Gasteiger charge is -2.35. The Balaban J connectivity index is 1.54. The van der Waals surface area contributed by atoms with Crippen LogP contribution in [0.5, 0.6) is 5.88 Å². The maximum absolute atomic E-state index is 13.1. The molecule has 3 heterocycles. The standard InChI is InChI=1S/C20H21N5O3/c1-13-11-18(28-2)23-20(21-13)25-9-7-24(8-10-25)19(27)15-12-17(26)22-16-6-4-3-5-14(15)16/h3-6,11-12H,7-10H2,1-2H3,(H,22,26). The first-order chi connectivity index (χ1) is 13.5. The van der Waals surface area contributed by atoms with Crippen LogP contribution < -0.4 is 15.2 Å². The maximum atomic E-state index is 13.1. The van der Waals surface area contributed by atoms with E-state index in [0.717, 1.165) is 11.1 Å². The van der Waals surface area contributed by atoms with Gasteiger partial charge in [0, 0.05) is 54.9 Å². The Morgan fingerprint density at radius 2 is 1.86 bits per heavy atom. The number of nitrogens with zero attached hydrogens (tertiary/aromatic N) is 4. The molecule has 0 bridgehead atoms. The van der Waals surface area contributed by atoms with Crippen LogP contribution in [-0.4, -0.2) is 59.0 Å². The van der Waals surface area contributed by atoms with Gasteiger partial charge in [-0.15, -0.1) is 0 Å². The molecule has 144 valence electrons. The summed E-state index contributed by atoms with van der Waals surface area (Å²) in [7, 11) is 1.58. The Bertz CT molecular complexity index is 1090. The van der Waals surface area contributed by atoms with Crippen LogP contribution in [0, 0.1) is 6.92 Å². The first kappa shape index (κ1) is 18.0. The SMILES string of the molecule is COc1cc(C)nc(N2CCN(C(=O)c3cc(=O)[nH]c4ccccc34)CC2)n1. The average Bonchev–Trinajstić information content (AvgIpc) is 2.72. The third kappa shape index (κ3) is 3.40. The zero-order valence-corrected chi connectivity index (χ0v) is 15.8. The predicted molar refractivity (Wildman–Crippen MR) is 106 cm³/mol. The lowest BCUT2D eigenvalue weighted by molar-refractivity contribution is 0.0748. The minimum absolute atomic E-state index is 0.135. The Hall–Kier alpha value is -3.42. The molecule has 28 heavy (non-hydrogen) atoms. The highest BCUT2D eigenvalue weighted by Crippen LogP contribution is 2.20. The van der Waals surface area contributed by atoms with Crippen LogP contribution in [0.1, 0.15) is 16.1 Å². The third-order valence-electron chi connectivity index (χ3n) is 4.86. The second-order valence-corrected chi connectivity index (χ2v) is 6.72. The lowest BCUT2D eigenvalue weighted by atomic mass is 10.1. The lowest BCUT2D eigenvalue weighted by Crippen LogP contribution is -2.49. The minimum atomic E-state index is -0.277. The zero-order valence-electron chi connectivity index (χ0n) is 15.8. The molecule has 1 fully saturated rings. The number of methoxy groups -OCH3 is 1. The summed E-state index contributed by atoms with van der Waals surface area (Å²) in [4.78, 5) is 40.5. The number of aromatic nitrogens is 3. The van der Waals surface area contributed by atoms with Crippen molar-refractivity contribution in [3.05, 3.63) is 58.0 Å². The van der Waals surface area contributed by atoms with Crippen molar-refractivity contribution in [2.45, 2.75) is 6.92 Å². The number of carbonyl (C=O) groups is 1. The number of ether oxygens (including phenoxy) is 1. The van der Waals surface area contributed by atoms with Crippen molar-refractivity contribution in [3.8, 4) is 5.88 Å². The number of anilines is 1. The molecule has 0 saturated carbocycles. The first-order valence-electron chi connectivity index (χ1n) is 9.11. The molecule has 4 rings (SSSR count). The summed E-state index contributed by atoms with van der Waals surface area (Å²) in [5, 5.41) is 0.751. The summed E-state index contributed by atoms with van der Waals surface area (Å²) >= 11 is 0. The van der Waals surface area contributed by atoms with E-state index in [4.69, 9.17) is 4.74 Å². The minimum Gasteiger partial charge on any atom is -0.481 e. The molecule has 8 heteroatoms. The van der Waals surface area contributed by atoms with E-state index in [1.165, 1.54) is 6.07 Å². The van der Waals surface area contributed by atoms with E-state index < -0.39 is 0 Å². The van der Waals surface area contributed by atoms with Crippen LogP contribution in [0.3, 0.4) is 0 Å². The fraction of sp³-hybridized carbons (Fsp3) is 0.300. The Morgan fingerprint density at radius 1 is 1.11 bits per heavy atom. The number of nitrogens with one attached hydrogen (secondary N) is 1. The normalized spacial score (nSPS) is 14.4. The maximum Gasteiger partial charge on any atom is 0.254 e. The van der Waals surface area contributed by atoms with Crippen molar-refractivity contribution in [1.29, 1.82) is 0 Å². The van der Waals surface area contributed by atoms with Gasteiger partial charge in [0.25, 0.3) is 5.91 Å². The van der Waals surface area contributed by atoms with Crippen LogP contribution >= 0.6 is 0 Å². The summed E-state index contributed by atoms with van der Waals surface area (Å²) in [5.74, 6) is 0.992. The number of amides is 1. The molecule has 2 aromatic heterocycles. The largest absolute Gasteiger partial charge is 0.481 e. The van der Waals surface area contributed by atoms with E-state index in [-0.39, 0.29) is 11.5 Å². The van der Waals surface area contributed by atoms with Gasteiger partial charge >= 0.3 is 0 Å². The van der Waals surface area contributed by atoms with Gasteiger partial charge in [-0.3, -0.25) is 9.59 Å². The van der Waals surface area contributed by atoms with Crippen molar-refractivity contribution in [3.63, 3.8) is 0 Å². The van der Waals surface area contributed by atoms with Gasteiger partial charge in [0.05, 0.1) is 12.7 Å². The van der Waals surface area contributed by atoms with Crippen molar-refractivity contribution < 1.29 is 9.53 Å². The fourth-order valence-corrected chi connectivity index (χ4v) is 3.43. The van der Waals surface area contributed by atoms with E-state index in [1.54, 1.807) is 24.1 Å². The monoisotopic (exact) mass is 379 g/mol. The van der Waals surface area contributed by atoms with E-state index in [0.29, 0.717) is 49.1 Å². The number of hydrogen-bond acceptors (Lipinski definition) is 6. The Kier molecular flexibility index (Phi) is 4.68. The van der Waals surface area contributed by atoms with Gasteiger partial charge < -0.3 is 19.5 Å². The van der Waals surface area contributed by atoms with Gasteiger partial charge in [-0.05, 0) is 13.0 Å². The van der Waals surface area contributed by atoms with Crippen LogP contribution in [0.25, 0.3) is 10.9 Å². The molecule has 1 aliphatic heterocycles. The number of rotatable bonds is 3. The van der Waals surface area contributed by atoms with Crippen molar-refractivity contribution >= 4 is 22.8 Å². The van der Waals surface area contributed by atoms with E-state index in [1.807, 2.05) is 30.0 Å². The van der Waals surface area contributed by atoms with E-state index in [2.05, 4.69) is 15.0 Å². The molecule has 1 N–H and O–H groups in total. The van der Waals surface area contributed by atoms with Gasteiger partial charge in [-0.1, -0.05) is 18.2 Å². The smallest absolute Gasteiger partial charge is 0.254 e. The van der Waals surface area contributed by atoms with Gasteiger partial charge in [0.15, 0.2) is 0 Å². The van der Waals surface area contributed by atoms with Crippen LogP contribution in [-0.2, 0) is 0 Å². The van der Waals surface area contributed by atoms with Crippen LogP contribution in [0.15, 0.2) is 41.2 Å². The number of aryl methyl sites for hydroxylation is 1. The van der Waals surface area contributed by atoms with E-state index >= 15 is 0 Å². The molecular weight excluding hydrogens is 358 g/mol. The molecular formula is C20H21N5O3. The van der Waals surface area contributed by atoms with E-state index in [9.17, 15) is 9.59 Å². The van der Waals surface area contributed by atoms with Crippen molar-refractivity contribution in [2.24, 2.45) is 0 Å².